The van der Waals surface area contributed by atoms with Gasteiger partial charge >= 0.3 is 0 Å². The van der Waals surface area contributed by atoms with E-state index in [4.69, 9.17) is 0 Å². The lowest BCUT2D eigenvalue weighted by Gasteiger charge is -1.98. The van der Waals surface area contributed by atoms with E-state index in [0.717, 1.165) is 12.1 Å². The summed E-state index contributed by atoms with van der Waals surface area (Å²) in [6, 6.07) is 10.5. The van der Waals surface area contributed by atoms with Crippen LogP contribution in [-0.2, 0) is 6.42 Å². The van der Waals surface area contributed by atoms with Gasteiger partial charge in [0.25, 0.3) is 0 Å². The molecule has 0 fully saturated rings. The zero-order valence-corrected chi connectivity index (χ0v) is 7.62. The number of rotatable bonds is 2. The van der Waals surface area contributed by atoms with Crippen LogP contribution in [-0.4, -0.2) is 10.2 Å². The molecule has 0 bridgehead atoms. The molecule has 0 radical (unpaired) electrons. The molecule has 2 heteroatoms. The summed E-state index contributed by atoms with van der Waals surface area (Å²) < 4.78 is 0. The Morgan fingerprint density at radius 1 is 1.15 bits per heavy atom. The molecule has 2 rings (SSSR count). The van der Waals surface area contributed by atoms with Gasteiger partial charge in [0.2, 0.25) is 0 Å². The van der Waals surface area contributed by atoms with Crippen LogP contribution in [0.3, 0.4) is 0 Å². The molecular formula is C11H12N2. The standard InChI is InChI=1S/C11H12N2/c1-2-9-3-5-10(6-4-9)11-7-8-12-13-11/h3-8H,2H2,1H3,(H,12,13). The molecule has 2 aromatic rings. The van der Waals surface area contributed by atoms with Crippen molar-refractivity contribution < 1.29 is 0 Å². The minimum atomic E-state index is 1.00. The van der Waals surface area contributed by atoms with E-state index in [2.05, 4.69) is 41.4 Å². The van der Waals surface area contributed by atoms with Crippen LogP contribution in [0, 0.1) is 0 Å². The minimum Gasteiger partial charge on any atom is -0.285 e. The smallest absolute Gasteiger partial charge is 0.0920 e. The second-order valence-electron chi connectivity index (χ2n) is 3.01. The van der Waals surface area contributed by atoms with E-state index in [9.17, 15) is 0 Å². The van der Waals surface area contributed by atoms with Gasteiger partial charge in [-0.3, -0.25) is 5.10 Å². The second kappa shape index (κ2) is 3.44. The highest BCUT2D eigenvalue weighted by molar-refractivity contribution is 5.58. The van der Waals surface area contributed by atoms with E-state index < -0.39 is 0 Å². The summed E-state index contributed by atoms with van der Waals surface area (Å²) in [5, 5.41) is 6.92. The van der Waals surface area contributed by atoms with Crippen molar-refractivity contribution >= 4 is 0 Å². The molecule has 1 N–H and O–H groups in total. The SMILES string of the molecule is CCc1ccc(-c2cc[nH]n2)cc1. The fourth-order valence-electron chi connectivity index (χ4n) is 1.33. The first-order valence-corrected chi connectivity index (χ1v) is 4.49. The van der Waals surface area contributed by atoms with Crippen molar-refractivity contribution in [3.05, 3.63) is 42.1 Å². The molecule has 66 valence electrons. The third-order valence-electron chi connectivity index (χ3n) is 2.16. The Bertz CT molecular complexity index is 359. The lowest BCUT2D eigenvalue weighted by molar-refractivity contribution is 1.09. The van der Waals surface area contributed by atoms with Crippen molar-refractivity contribution in [3.8, 4) is 11.3 Å². The zero-order chi connectivity index (χ0) is 9.10. The Morgan fingerprint density at radius 3 is 2.46 bits per heavy atom. The lowest BCUT2D eigenvalue weighted by atomic mass is 10.1. The number of H-pyrrole nitrogens is 1. The van der Waals surface area contributed by atoms with Gasteiger partial charge in [0, 0.05) is 11.8 Å². The van der Waals surface area contributed by atoms with Crippen molar-refractivity contribution in [3.63, 3.8) is 0 Å². The molecule has 0 unspecified atom stereocenters. The molecule has 13 heavy (non-hydrogen) atoms. The van der Waals surface area contributed by atoms with Crippen LogP contribution >= 0.6 is 0 Å². The van der Waals surface area contributed by atoms with Gasteiger partial charge in [-0.2, -0.15) is 5.10 Å². The van der Waals surface area contributed by atoms with E-state index in [-0.39, 0.29) is 0 Å². The van der Waals surface area contributed by atoms with Crippen molar-refractivity contribution in [2.24, 2.45) is 0 Å². The van der Waals surface area contributed by atoms with Crippen LogP contribution < -0.4 is 0 Å². The van der Waals surface area contributed by atoms with Gasteiger partial charge in [0.15, 0.2) is 0 Å². The first-order valence-electron chi connectivity index (χ1n) is 4.49. The van der Waals surface area contributed by atoms with Gasteiger partial charge in [0.05, 0.1) is 5.69 Å². The maximum atomic E-state index is 4.12. The Hall–Kier alpha value is -1.57. The van der Waals surface area contributed by atoms with Gasteiger partial charge in [-0.05, 0) is 18.1 Å². The van der Waals surface area contributed by atoms with Crippen molar-refractivity contribution in [1.82, 2.24) is 10.2 Å². The Morgan fingerprint density at radius 2 is 1.92 bits per heavy atom. The first-order chi connectivity index (χ1) is 6.40. The van der Waals surface area contributed by atoms with E-state index in [1.807, 2.05) is 12.3 Å². The molecule has 0 saturated heterocycles. The average Bonchev–Trinajstić information content (AvgIpc) is 2.71. The van der Waals surface area contributed by atoms with Gasteiger partial charge in [-0.15, -0.1) is 0 Å². The number of aromatic nitrogens is 2. The third-order valence-corrected chi connectivity index (χ3v) is 2.16. The molecule has 1 heterocycles. The molecule has 0 saturated carbocycles. The second-order valence-corrected chi connectivity index (χ2v) is 3.01. The summed E-state index contributed by atoms with van der Waals surface area (Å²) in [5.74, 6) is 0. The van der Waals surface area contributed by atoms with E-state index in [0.29, 0.717) is 0 Å². The van der Waals surface area contributed by atoms with Crippen molar-refractivity contribution in [2.45, 2.75) is 13.3 Å². The van der Waals surface area contributed by atoms with Gasteiger partial charge in [0.1, 0.15) is 0 Å². The van der Waals surface area contributed by atoms with Gasteiger partial charge in [-0.1, -0.05) is 31.2 Å². The maximum Gasteiger partial charge on any atom is 0.0920 e. The van der Waals surface area contributed by atoms with Crippen LogP contribution in [0.15, 0.2) is 36.5 Å². The maximum absolute atomic E-state index is 4.12. The minimum absolute atomic E-state index is 1.00. The quantitative estimate of drug-likeness (QED) is 0.741. The highest BCUT2D eigenvalue weighted by Gasteiger charge is 1.97. The van der Waals surface area contributed by atoms with Crippen LogP contribution in [0.5, 0.6) is 0 Å². The van der Waals surface area contributed by atoms with E-state index >= 15 is 0 Å². The Labute approximate surface area is 77.6 Å². The molecule has 2 nitrogen and oxygen atoms in total. The molecule has 0 atom stereocenters. The third kappa shape index (κ3) is 1.61. The number of hydrogen-bond acceptors (Lipinski definition) is 1. The number of hydrogen-bond donors (Lipinski definition) is 1. The molecular weight excluding hydrogens is 160 g/mol. The highest BCUT2D eigenvalue weighted by atomic mass is 15.1. The molecule has 1 aromatic heterocycles. The summed E-state index contributed by atoms with van der Waals surface area (Å²) in [7, 11) is 0. The Balaban J connectivity index is 2.33. The molecule has 0 aliphatic heterocycles. The van der Waals surface area contributed by atoms with Gasteiger partial charge in [-0.25, -0.2) is 0 Å². The predicted molar refractivity (Wildman–Crippen MR) is 53.4 cm³/mol. The molecule has 0 amide bonds. The molecule has 1 aromatic carbocycles. The lowest BCUT2D eigenvalue weighted by Crippen LogP contribution is -1.81. The van der Waals surface area contributed by atoms with Crippen molar-refractivity contribution in [2.75, 3.05) is 0 Å². The summed E-state index contributed by atoms with van der Waals surface area (Å²) in [5.41, 5.74) is 3.53. The number of nitrogens with zero attached hydrogens (tertiary/aromatic N) is 1. The summed E-state index contributed by atoms with van der Waals surface area (Å²) in [4.78, 5) is 0. The molecule has 0 aliphatic rings. The Kier molecular flexibility index (Phi) is 2.13. The number of nitrogens with one attached hydrogen (secondary N) is 1. The topological polar surface area (TPSA) is 28.7 Å². The van der Waals surface area contributed by atoms with Gasteiger partial charge < -0.3 is 0 Å². The molecule has 0 spiro atoms. The van der Waals surface area contributed by atoms with Crippen LogP contribution in [0.4, 0.5) is 0 Å². The summed E-state index contributed by atoms with van der Waals surface area (Å²) in [6.07, 6.45) is 2.92. The van der Waals surface area contributed by atoms with Crippen LogP contribution in [0.2, 0.25) is 0 Å². The largest absolute Gasteiger partial charge is 0.285 e. The average molecular weight is 172 g/mol. The van der Waals surface area contributed by atoms with E-state index in [1.165, 1.54) is 11.1 Å². The number of aryl methyl sites for hydroxylation is 1. The van der Waals surface area contributed by atoms with Crippen LogP contribution in [0.25, 0.3) is 11.3 Å². The summed E-state index contributed by atoms with van der Waals surface area (Å²) in [6.45, 7) is 2.16. The normalized spacial score (nSPS) is 10.2. The highest BCUT2D eigenvalue weighted by Crippen LogP contribution is 2.16. The number of aromatic amines is 1. The molecule has 0 aliphatic carbocycles. The summed E-state index contributed by atoms with van der Waals surface area (Å²) >= 11 is 0. The first kappa shape index (κ1) is 8.05. The predicted octanol–water partition coefficient (Wildman–Crippen LogP) is 2.64. The fourth-order valence-corrected chi connectivity index (χ4v) is 1.33. The monoisotopic (exact) mass is 172 g/mol. The zero-order valence-electron chi connectivity index (χ0n) is 7.62. The fraction of sp³-hybridized carbons (Fsp3) is 0.182. The van der Waals surface area contributed by atoms with Crippen LogP contribution in [0.1, 0.15) is 12.5 Å². The van der Waals surface area contributed by atoms with E-state index in [1.54, 1.807) is 0 Å². The van der Waals surface area contributed by atoms with Crippen molar-refractivity contribution in [1.29, 1.82) is 0 Å². The number of benzene rings is 1.